The molecule has 0 fully saturated rings. The van der Waals surface area contributed by atoms with E-state index in [1.165, 1.54) is 10.7 Å². The van der Waals surface area contributed by atoms with Crippen LogP contribution in [-0.2, 0) is 0 Å². The molecule has 0 spiro atoms. The second kappa shape index (κ2) is 2.40. The minimum absolute atomic E-state index is 0.275. The van der Waals surface area contributed by atoms with Gasteiger partial charge in [-0.3, -0.25) is 4.40 Å². The normalized spacial score (nSPS) is 10.7. The van der Waals surface area contributed by atoms with E-state index in [0.717, 1.165) is 0 Å². The smallest absolute Gasteiger partial charge is 0.197 e. The molecular formula is C6H3FIN3. The molecule has 0 unspecified atom stereocenters. The number of hydrogen-bond donors (Lipinski definition) is 0. The number of hydrogen-bond acceptors (Lipinski definition) is 2. The molecule has 0 aliphatic rings. The summed E-state index contributed by atoms with van der Waals surface area (Å²) in [6.45, 7) is 0. The van der Waals surface area contributed by atoms with Crippen LogP contribution in [0.3, 0.4) is 0 Å². The van der Waals surface area contributed by atoms with Gasteiger partial charge >= 0.3 is 0 Å². The van der Waals surface area contributed by atoms with Crippen molar-refractivity contribution in [1.82, 2.24) is 14.6 Å². The van der Waals surface area contributed by atoms with Crippen molar-refractivity contribution in [3.8, 4) is 0 Å². The highest BCUT2D eigenvalue weighted by Gasteiger charge is 2.05. The van der Waals surface area contributed by atoms with Gasteiger partial charge in [0.05, 0.1) is 3.57 Å². The molecule has 2 heterocycles. The molecule has 3 nitrogen and oxygen atoms in total. The Bertz CT molecular complexity index is 398. The minimum atomic E-state index is -0.314. The molecule has 0 N–H and O–H groups in total. The fourth-order valence-corrected chi connectivity index (χ4v) is 1.24. The average molecular weight is 263 g/mol. The first kappa shape index (κ1) is 6.96. The predicted molar refractivity (Wildman–Crippen MR) is 45.7 cm³/mol. The fraction of sp³-hybridized carbons (Fsp3) is 0. The van der Waals surface area contributed by atoms with Crippen molar-refractivity contribution in [3.05, 3.63) is 28.0 Å². The van der Waals surface area contributed by atoms with Crippen LogP contribution in [0.5, 0.6) is 0 Å². The highest BCUT2D eigenvalue weighted by molar-refractivity contribution is 14.1. The van der Waals surface area contributed by atoms with Crippen LogP contribution in [0.2, 0.25) is 0 Å². The molecule has 0 aliphatic heterocycles. The Hall–Kier alpha value is -0.720. The van der Waals surface area contributed by atoms with E-state index in [-0.39, 0.29) is 11.5 Å². The third-order valence-corrected chi connectivity index (χ3v) is 2.19. The van der Waals surface area contributed by atoms with E-state index in [1.807, 2.05) is 22.6 Å². The van der Waals surface area contributed by atoms with Gasteiger partial charge in [0.2, 0.25) is 0 Å². The summed E-state index contributed by atoms with van der Waals surface area (Å²) in [5.74, 6) is -0.314. The molecular weight excluding hydrogens is 260 g/mol. The molecule has 11 heavy (non-hydrogen) atoms. The van der Waals surface area contributed by atoms with Crippen LogP contribution in [0.25, 0.3) is 5.65 Å². The molecule has 0 aromatic carbocycles. The van der Waals surface area contributed by atoms with Crippen LogP contribution in [0, 0.1) is 9.39 Å². The summed E-state index contributed by atoms with van der Waals surface area (Å²) in [6, 6.07) is 1.67. The second-order valence-corrected chi connectivity index (χ2v) is 3.20. The largest absolute Gasteiger partial charge is 0.287 e. The predicted octanol–water partition coefficient (Wildman–Crippen LogP) is 1.47. The number of aromatic nitrogens is 3. The van der Waals surface area contributed by atoms with Gasteiger partial charge in [0.25, 0.3) is 0 Å². The third kappa shape index (κ3) is 0.991. The number of halogens is 2. The van der Waals surface area contributed by atoms with Gasteiger partial charge in [-0.15, -0.1) is 10.2 Å². The maximum Gasteiger partial charge on any atom is 0.197 e. The lowest BCUT2D eigenvalue weighted by molar-refractivity contribution is 0.622. The molecule has 2 rings (SSSR count). The maximum atomic E-state index is 13.1. The molecule has 2 aromatic heterocycles. The molecule has 0 radical (unpaired) electrons. The number of rotatable bonds is 0. The Labute approximate surface area is 75.4 Å². The van der Waals surface area contributed by atoms with Crippen LogP contribution in [0.15, 0.2) is 18.6 Å². The lowest BCUT2D eigenvalue weighted by atomic mass is 10.4. The van der Waals surface area contributed by atoms with Crippen molar-refractivity contribution in [3.63, 3.8) is 0 Å². The van der Waals surface area contributed by atoms with E-state index >= 15 is 0 Å². The monoisotopic (exact) mass is 263 g/mol. The lowest BCUT2D eigenvalue weighted by Crippen LogP contribution is -1.90. The summed E-state index contributed by atoms with van der Waals surface area (Å²) < 4.78 is 15.2. The van der Waals surface area contributed by atoms with E-state index in [9.17, 15) is 4.39 Å². The summed E-state index contributed by atoms with van der Waals surface area (Å²) in [5, 5.41) is 7.19. The lowest BCUT2D eigenvalue weighted by Gasteiger charge is -1.94. The van der Waals surface area contributed by atoms with Crippen LogP contribution in [-0.4, -0.2) is 14.6 Å². The summed E-state index contributed by atoms with van der Waals surface area (Å²) >= 11 is 1.91. The summed E-state index contributed by atoms with van der Waals surface area (Å²) in [7, 11) is 0. The molecule has 0 aliphatic carbocycles. The Morgan fingerprint density at radius 3 is 3.18 bits per heavy atom. The number of nitrogens with zero attached hydrogens (tertiary/aromatic N) is 3. The standard InChI is InChI=1S/C6H3FIN3/c7-5-4(8)1-2-11-3-9-10-6(5)11/h1-3H. The first-order chi connectivity index (χ1) is 5.29. The first-order valence-corrected chi connectivity index (χ1v) is 4.00. The van der Waals surface area contributed by atoms with Crippen LogP contribution >= 0.6 is 22.6 Å². The van der Waals surface area contributed by atoms with Crippen molar-refractivity contribution in [2.24, 2.45) is 0 Å². The Balaban J connectivity index is 2.93. The zero-order valence-corrected chi connectivity index (χ0v) is 7.49. The van der Waals surface area contributed by atoms with Crippen LogP contribution in [0.4, 0.5) is 4.39 Å². The second-order valence-electron chi connectivity index (χ2n) is 2.04. The van der Waals surface area contributed by atoms with Gasteiger partial charge in [0, 0.05) is 6.20 Å². The molecule has 0 bridgehead atoms. The highest BCUT2D eigenvalue weighted by atomic mass is 127. The molecule has 0 saturated heterocycles. The average Bonchev–Trinajstić information content (AvgIpc) is 2.45. The number of pyridine rings is 1. The number of fused-ring (bicyclic) bond motifs is 1. The SMILES string of the molecule is Fc1c(I)ccn2cnnc12. The summed E-state index contributed by atoms with van der Waals surface area (Å²) in [4.78, 5) is 0. The van der Waals surface area contributed by atoms with Gasteiger partial charge in [0.15, 0.2) is 11.5 Å². The van der Waals surface area contributed by atoms with Crippen molar-refractivity contribution in [2.75, 3.05) is 0 Å². The first-order valence-electron chi connectivity index (χ1n) is 2.92. The minimum Gasteiger partial charge on any atom is -0.287 e. The Morgan fingerprint density at radius 1 is 1.55 bits per heavy atom. The Morgan fingerprint density at radius 2 is 2.36 bits per heavy atom. The van der Waals surface area contributed by atoms with E-state index < -0.39 is 0 Å². The van der Waals surface area contributed by atoms with Crippen molar-refractivity contribution < 1.29 is 4.39 Å². The van der Waals surface area contributed by atoms with Crippen molar-refractivity contribution in [2.45, 2.75) is 0 Å². The summed E-state index contributed by atoms with van der Waals surface area (Å²) in [6.07, 6.45) is 3.19. The van der Waals surface area contributed by atoms with Gasteiger partial charge in [-0.25, -0.2) is 4.39 Å². The van der Waals surface area contributed by atoms with Gasteiger partial charge in [0.1, 0.15) is 6.33 Å². The molecule has 0 saturated carbocycles. The van der Waals surface area contributed by atoms with Gasteiger partial charge in [-0.1, -0.05) is 0 Å². The third-order valence-electron chi connectivity index (χ3n) is 1.36. The van der Waals surface area contributed by atoms with E-state index in [2.05, 4.69) is 10.2 Å². The van der Waals surface area contributed by atoms with Gasteiger partial charge in [-0.2, -0.15) is 0 Å². The van der Waals surface area contributed by atoms with Crippen LogP contribution < -0.4 is 0 Å². The van der Waals surface area contributed by atoms with E-state index in [1.54, 1.807) is 12.3 Å². The topological polar surface area (TPSA) is 30.2 Å². The van der Waals surface area contributed by atoms with E-state index in [0.29, 0.717) is 3.57 Å². The van der Waals surface area contributed by atoms with Gasteiger partial charge < -0.3 is 0 Å². The van der Waals surface area contributed by atoms with Crippen molar-refractivity contribution >= 4 is 28.2 Å². The van der Waals surface area contributed by atoms with Crippen LogP contribution in [0.1, 0.15) is 0 Å². The van der Waals surface area contributed by atoms with E-state index in [4.69, 9.17) is 0 Å². The van der Waals surface area contributed by atoms with Crippen molar-refractivity contribution in [1.29, 1.82) is 0 Å². The molecule has 0 atom stereocenters. The summed E-state index contributed by atoms with van der Waals surface area (Å²) in [5.41, 5.74) is 0.275. The zero-order chi connectivity index (χ0) is 7.84. The fourth-order valence-electron chi connectivity index (χ4n) is 0.835. The van der Waals surface area contributed by atoms with Gasteiger partial charge in [-0.05, 0) is 28.7 Å². The maximum absolute atomic E-state index is 13.1. The quantitative estimate of drug-likeness (QED) is 0.674. The Kier molecular flexibility index (Phi) is 1.52. The molecule has 0 amide bonds. The molecule has 2 aromatic rings. The molecule has 5 heteroatoms. The highest BCUT2D eigenvalue weighted by Crippen LogP contribution is 2.13. The zero-order valence-electron chi connectivity index (χ0n) is 5.33. The molecule has 56 valence electrons.